The van der Waals surface area contributed by atoms with Crippen molar-refractivity contribution in [3.63, 3.8) is 0 Å². The second kappa shape index (κ2) is 13.3. The summed E-state index contributed by atoms with van der Waals surface area (Å²) in [6.07, 6.45) is 4.69. The molecule has 0 aromatic heterocycles. The number of guanidine groups is 1. The molecule has 1 saturated carbocycles. The minimum atomic E-state index is -0.260. The van der Waals surface area contributed by atoms with Crippen molar-refractivity contribution in [1.29, 1.82) is 0 Å². The molecule has 1 aliphatic heterocycles. The number of aliphatic imine (C=N–C) groups is 1. The lowest BCUT2D eigenvalue weighted by atomic mass is 10.1. The normalized spacial score (nSPS) is 17.6. The van der Waals surface area contributed by atoms with Gasteiger partial charge in [-0.05, 0) is 62.6 Å². The molecule has 3 rings (SSSR count). The van der Waals surface area contributed by atoms with E-state index in [0.717, 1.165) is 50.2 Å². The fourth-order valence-electron chi connectivity index (χ4n) is 3.44. The van der Waals surface area contributed by atoms with Gasteiger partial charge in [-0.3, -0.25) is 0 Å². The van der Waals surface area contributed by atoms with Gasteiger partial charge in [-0.25, -0.2) is 9.38 Å². The minimum Gasteiger partial charge on any atom is -0.393 e. The van der Waals surface area contributed by atoms with Crippen LogP contribution < -0.4 is 15.5 Å². The summed E-state index contributed by atoms with van der Waals surface area (Å²) in [6.45, 7) is 7.06. The van der Waals surface area contributed by atoms with Gasteiger partial charge in [-0.1, -0.05) is 6.07 Å². The first-order valence-electron chi connectivity index (χ1n) is 11.0. The summed E-state index contributed by atoms with van der Waals surface area (Å²) in [5.74, 6) is 1.32. The second-order valence-electron chi connectivity index (χ2n) is 8.00. The summed E-state index contributed by atoms with van der Waals surface area (Å²) in [5.41, 5.74) is 1.45. The Morgan fingerprint density at radius 3 is 2.67 bits per heavy atom. The molecule has 3 N–H and O–H groups in total. The molecule has 170 valence electrons. The quantitative estimate of drug-likeness (QED) is 0.186. The van der Waals surface area contributed by atoms with Gasteiger partial charge in [0.15, 0.2) is 5.96 Å². The van der Waals surface area contributed by atoms with Gasteiger partial charge < -0.3 is 25.4 Å². The van der Waals surface area contributed by atoms with Crippen molar-refractivity contribution in [1.82, 2.24) is 10.6 Å². The molecule has 1 saturated heterocycles. The number of anilines is 1. The van der Waals surface area contributed by atoms with Crippen molar-refractivity contribution in [3.8, 4) is 0 Å². The highest BCUT2D eigenvalue weighted by Crippen LogP contribution is 2.28. The molecular weight excluding hydrogens is 498 g/mol. The molecule has 1 heterocycles. The third-order valence-corrected chi connectivity index (χ3v) is 5.39. The van der Waals surface area contributed by atoms with Crippen LogP contribution >= 0.6 is 24.0 Å². The van der Waals surface area contributed by atoms with E-state index in [9.17, 15) is 9.50 Å². The molecule has 0 spiro atoms. The highest BCUT2D eigenvalue weighted by Gasteiger charge is 2.21. The van der Waals surface area contributed by atoms with Crippen LogP contribution in [0.3, 0.4) is 0 Å². The summed E-state index contributed by atoms with van der Waals surface area (Å²) in [6, 6.07) is 5.33. The van der Waals surface area contributed by atoms with Crippen LogP contribution in [0.2, 0.25) is 0 Å². The average Bonchev–Trinajstić information content (AvgIpc) is 3.54. The van der Waals surface area contributed by atoms with Crippen LogP contribution in [0.1, 0.15) is 44.6 Å². The molecule has 0 radical (unpaired) electrons. The van der Waals surface area contributed by atoms with Crippen LogP contribution in [0.25, 0.3) is 0 Å². The molecule has 0 unspecified atom stereocenters. The molecule has 1 aliphatic carbocycles. The Labute approximate surface area is 196 Å². The third-order valence-electron chi connectivity index (χ3n) is 5.39. The topological polar surface area (TPSA) is 69.1 Å². The number of halogens is 2. The van der Waals surface area contributed by atoms with E-state index in [1.165, 1.54) is 12.8 Å². The maximum Gasteiger partial charge on any atom is 0.191 e. The first-order chi connectivity index (χ1) is 14.2. The Kier molecular flexibility index (Phi) is 11.2. The first-order valence-corrected chi connectivity index (χ1v) is 11.0. The molecule has 1 aromatic carbocycles. The van der Waals surface area contributed by atoms with E-state index >= 15 is 0 Å². The van der Waals surface area contributed by atoms with Crippen molar-refractivity contribution < 1.29 is 14.2 Å². The van der Waals surface area contributed by atoms with E-state index in [1.807, 2.05) is 24.0 Å². The molecule has 2 fully saturated rings. The molecule has 0 bridgehead atoms. The third kappa shape index (κ3) is 8.55. The monoisotopic (exact) mass is 534 g/mol. The Morgan fingerprint density at radius 1 is 1.23 bits per heavy atom. The fraction of sp³-hybridized carbons (Fsp3) is 0.682. The fourth-order valence-corrected chi connectivity index (χ4v) is 3.44. The molecule has 1 aromatic rings. The number of benzene rings is 1. The molecular formula is C22H36FIN4O2. The number of aliphatic hydroxyl groups excluding tert-OH is 1. The van der Waals surface area contributed by atoms with E-state index in [-0.39, 0.29) is 35.9 Å². The Bertz CT molecular complexity index is 665. The number of aliphatic hydroxyl groups is 1. The van der Waals surface area contributed by atoms with Gasteiger partial charge in [-0.2, -0.15) is 0 Å². The predicted molar refractivity (Wildman–Crippen MR) is 130 cm³/mol. The smallest absolute Gasteiger partial charge is 0.191 e. The highest BCUT2D eigenvalue weighted by molar-refractivity contribution is 14.0. The average molecular weight is 534 g/mol. The highest BCUT2D eigenvalue weighted by atomic mass is 127. The van der Waals surface area contributed by atoms with Crippen LogP contribution in [0, 0.1) is 11.7 Å². The van der Waals surface area contributed by atoms with Crippen LogP contribution in [0.4, 0.5) is 10.1 Å². The van der Waals surface area contributed by atoms with E-state index in [1.54, 1.807) is 6.07 Å². The number of hydrogen-bond acceptors (Lipinski definition) is 4. The zero-order chi connectivity index (χ0) is 20.5. The lowest BCUT2D eigenvalue weighted by molar-refractivity contribution is 0.123. The van der Waals surface area contributed by atoms with Gasteiger partial charge >= 0.3 is 0 Å². The summed E-state index contributed by atoms with van der Waals surface area (Å²) < 4.78 is 20.2. The Morgan fingerprint density at radius 2 is 2.00 bits per heavy atom. The molecule has 0 amide bonds. The lowest BCUT2D eigenvalue weighted by Crippen LogP contribution is -2.38. The second-order valence-corrected chi connectivity index (χ2v) is 8.00. The van der Waals surface area contributed by atoms with E-state index < -0.39 is 0 Å². The summed E-state index contributed by atoms with van der Waals surface area (Å²) in [5, 5.41) is 16.2. The number of rotatable bonds is 10. The number of hydrogen-bond donors (Lipinski definition) is 3. The lowest BCUT2D eigenvalue weighted by Gasteiger charge is -2.31. The van der Waals surface area contributed by atoms with Crippen LogP contribution in [-0.2, 0) is 11.3 Å². The van der Waals surface area contributed by atoms with Crippen molar-refractivity contribution >= 4 is 35.6 Å². The standard InChI is InChI=1S/C22H35FN4O2.HI/c1-2-24-22(25-10-3-13-29-16-17-4-5-17)26-15-18-6-7-21(20(23)14-18)27-11-8-19(28)9-12-27;/h6-7,14,17,19,28H,2-5,8-13,15-16H2,1H3,(H2,24,25,26);1H. The van der Waals surface area contributed by atoms with Crippen LogP contribution in [-0.4, -0.2) is 56.6 Å². The van der Waals surface area contributed by atoms with Crippen molar-refractivity contribution in [3.05, 3.63) is 29.6 Å². The molecule has 8 heteroatoms. The Hall–Kier alpha value is -1.13. The Balaban J connectivity index is 0.00000320. The molecule has 2 aliphatic rings. The van der Waals surface area contributed by atoms with Gasteiger partial charge in [0.05, 0.1) is 18.3 Å². The van der Waals surface area contributed by atoms with Crippen molar-refractivity contribution in [2.75, 3.05) is 44.3 Å². The van der Waals surface area contributed by atoms with Gasteiger partial charge in [0.2, 0.25) is 0 Å². The van der Waals surface area contributed by atoms with Gasteiger partial charge in [0.25, 0.3) is 0 Å². The van der Waals surface area contributed by atoms with Crippen molar-refractivity contribution in [2.24, 2.45) is 10.9 Å². The van der Waals surface area contributed by atoms with E-state index in [4.69, 9.17) is 4.74 Å². The van der Waals surface area contributed by atoms with Crippen LogP contribution in [0.5, 0.6) is 0 Å². The first kappa shape index (κ1) is 25.1. The number of ether oxygens (including phenoxy) is 1. The SMILES string of the molecule is CCNC(=NCc1ccc(N2CCC(O)CC2)c(F)c1)NCCCOCC1CC1.I. The number of nitrogens with one attached hydrogen (secondary N) is 2. The molecule has 6 nitrogen and oxygen atoms in total. The zero-order valence-corrected chi connectivity index (χ0v) is 20.2. The maximum atomic E-state index is 14.6. The van der Waals surface area contributed by atoms with Crippen molar-refractivity contribution in [2.45, 2.75) is 51.7 Å². The molecule has 0 atom stereocenters. The molecule has 30 heavy (non-hydrogen) atoms. The van der Waals surface area contributed by atoms with Gasteiger partial charge in [0, 0.05) is 39.4 Å². The largest absolute Gasteiger partial charge is 0.393 e. The van der Waals surface area contributed by atoms with Crippen LogP contribution in [0.15, 0.2) is 23.2 Å². The number of nitrogens with zero attached hydrogens (tertiary/aromatic N) is 2. The van der Waals surface area contributed by atoms with Gasteiger partial charge in [0.1, 0.15) is 5.82 Å². The van der Waals surface area contributed by atoms with E-state index in [0.29, 0.717) is 38.2 Å². The van der Waals surface area contributed by atoms with E-state index in [2.05, 4.69) is 15.6 Å². The minimum absolute atomic E-state index is 0. The zero-order valence-electron chi connectivity index (χ0n) is 17.9. The summed E-state index contributed by atoms with van der Waals surface area (Å²) >= 11 is 0. The van der Waals surface area contributed by atoms with Gasteiger partial charge in [-0.15, -0.1) is 24.0 Å². The predicted octanol–water partition coefficient (Wildman–Crippen LogP) is 3.28. The number of piperidine rings is 1. The maximum absolute atomic E-state index is 14.6. The summed E-state index contributed by atoms with van der Waals surface area (Å²) in [7, 11) is 0. The summed E-state index contributed by atoms with van der Waals surface area (Å²) in [4.78, 5) is 6.58.